The van der Waals surface area contributed by atoms with Gasteiger partial charge in [0.25, 0.3) is 0 Å². The molecule has 0 radical (unpaired) electrons. The van der Waals surface area contributed by atoms with E-state index in [1.807, 2.05) is 13.8 Å². The first-order valence-corrected chi connectivity index (χ1v) is 9.27. The molecule has 2 rings (SSSR count). The lowest BCUT2D eigenvalue weighted by Crippen LogP contribution is -2.36. The van der Waals surface area contributed by atoms with Crippen LogP contribution in [0.4, 0.5) is 11.6 Å². The van der Waals surface area contributed by atoms with Gasteiger partial charge in [0.2, 0.25) is 0 Å². The van der Waals surface area contributed by atoms with E-state index in [0.29, 0.717) is 6.42 Å². The SMILES string of the molecule is CCCc1c(NCC)ncnc1NC1(C)CCS(=O)(=O)C1. The number of rotatable bonds is 6. The zero-order chi connectivity index (χ0) is 15.5. The van der Waals surface area contributed by atoms with Gasteiger partial charge in [0.05, 0.1) is 17.0 Å². The van der Waals surface area contributed by atoms with Crippen molar-refractivity contribution in [3.8, 4) is 0 Å². The molecule has 0 bridgehead atoms. The highest BCUT2D eigenvalue weighted by Crippen LogP contribution is 2.30. The minimum atomic E-state index is -2.94. The van der Waals surface area contributed by atoms with Crippen molar-refractivity contribution < 1.29 is 8.42 Å². The molecule has 1 saturated heterocycles. The monoisotopic (exact) mass is 312 g/mol. The third-order valence-electron chi connectivity index (χ3n) is 3.71. The van der Waals surface area contributed by atoms with Gasteiger partial charge in [-0.25, -0.2) is 18.4 Å². The predicted molar refractivity (Wildman–Crippen MR) is 85.5 cm³/mol. The van der Waals surface area contributed by atoms with Crippen LogP contribution in [0.15, 0.2) is 6.33 Å². The molecule has 1 aliphatic heterocycles. The van der Waals surface area contributed by atoms with Crippen LogP contribution in [0.5, 0.6) is 0 Å². The summed E-state index contributed by atoms with van der Waals surface area (Å²) in [5.74, 6) is 1.99. The first-order valence-electron chi connectivity index (χ1n) is 7.45. The summed E-state index contributed by atoms with van der Waals surface area (Å²) in [6.07, 6.45) is 3.97. The molecule has 0 saturated carbocycles. The van der Waals surface area contributed by atoms with Gasteiger partial charge < -0.3 is 10.6 Å². The molecule has 1 aromatic rings. The predicted octanol–water partition coefficient (Wildman–Crippen LogP) is 1.85. The minimum Gasteiger partial charge on any atom is -0.370 e. The van der Waals surface area contributed by atoms with Gasteiger partial charge in [-0.15, -0.1) is 0 Å². The molecule has 0 aromatic carbocycles. The number of hydrogen-bond acceptors (Lipinski definition) is 6. The van der Waals surface area contributed by atoms with Crippen LogP contribution in [0.2, 0.25) is 0 Å². The van der Waals surface area contributed by atoms with Crippen molar-refractivity contribution in [2.75, 3.05) is 28.7 Å². The maximum atomic E-state index is 11.7. The topological polar surface area (TPSA) is 84.0 Å². The van der Waals surface area contributed by atoms with Crippen molar-refractivity contribution in [1.82, 2.24) is 9.97 Å². The Hall–Kier alpha value is -1.37. The zero-order valence-electron chi connectivity index (χ0n) is 12.9. The summed E-state index contributed by atoms with van der Waals surface area (Å²) in [6.45, 7) is 6.87. The molecule has 7 heteroatoms. The first-order chi connectivity index (χ1) is 9.89. The molecule has 1 fully saturated rings. The number of aromatic nitrogens is 2. The van der Waals surface area contributed by atoms with Gasteiger partial charge in [-0.1, -0.05) is 13.3 Å². The Labute approximate surface area is 126 Å². The molecule has 0 amide bonds. The lowest BCUT2D eigenvalue weighted by atomic mass is 10.0. The summed E-state index contributed by atoms with van der Waals surface area (Å²) in [4.78, 5) is 8.63. The Morgan fingerprint density at radius 2 is 2.00 bits per heavy atom. The summed E-state index contributed by atoms with van der Waals surface area (Å²) >= 11 is 0. The summed E-state index contributed by atoms with van der Waals surface area (Å²) in [6, 6.07) is 0. The summed E-state index contributed by atoms with van der Waals surface area (Å²) < 4.78 is 23.5. The minimum absolute atomic E-state index is 0.159. The van der Waals surface area contributed by atoms with Crippen molar-refractivity contribution in [1.29, 1.82) is 0 Å². The fraction of sp³-hybridized carbons (Fsp3) is 0.714. The average Bonchev–Trinajstić information content (AvgIpc) is 2.68. The molecule has 0 aliphatic carbocycles. The van der Waals surface area contributed by atoms with E-state index in [2.05, 4.69) is 27.5 Å². The van der Waals surface area contributed by atoms with Crippen LogP contribution < -0.4 is 10.6 Å². The van der Waals surface area contributed by atoms with E-state index in [0.717, 1.165) is 36.6 Å². The molecule has 6 nitrogen and oxygen atoms in total. The van der Waals surface area contributed by atoms with E-state index in [9.17, 15) is 8.42 Å². The second kappa shape index (κ2) is 6.17. The highest BCUT2D eigenvalue weighted by Gasteiger charge is 2.39. The van der Waals surface area contributed by atoms with Crippen LogP contribution in [-0.4, -0.2) is 42.0 Å². The molecular weight excluding hydrogens is 288 g/mol. The van der Waals surface area contributed by atoms with E-state index >= 15 is 0 Å². The summed E-state index contributed by atoms with van der Waals surface area (Å²) in [7, 11) is -2.94. The average molecular weight is 312 g/mol. The fourth-order valence-electron chi connectivity index (χ4n) is 2.72. The first kappa shape index (κ1) is 16.0. The zero-order valence-corrected chi connectivity index (χ0v) is 13.8. The normalized spacial score (nSPS) is 24.0. The number of nitrogens with zero attached hydrogens (tertiary/aromatic N) is 2. The fourth-order valence-corrected chi connectivity index (χ4v) is 4.81. The summed E-state index contributed by atoms with van der Waals surface area (Å²) in [5, 5.41) is 6.60. The second-order valence-electron chi connectivity index (χ2n) is 5.86. The third-order valence-corrected chi connectivity index (χ3v) is 5.62. The van der Waals surface area contributed by atoms with Crippen LogP contribution in [0.25, 0.3) is 0 Å². The molecule has 0 spiro atoms. The second-order valence-corrected chi connectivity index (χ2v) is 8.04. The largest absolute Gasteiger partial charge is 0.370 e. The lowest BCUT2D eigenvalue weighted by molar-refractivity contribution is 0.570. The van der Waals surface area contributed by atoms with Crippen molar-refractivity contribution in [2.45, 2.75) is 45.6 Å². The van der Waals surface area contributed by atoms with E-state index in [-0.39, 0.29) is 11.5 Å². The number of nitrogens with one attached hydrogen (secondary N) is 2. The van der Waals surface area contributed by atoms with Gasteiger partial charge in [-0.05, 0) is 26.7 Å². The molecule has 118 valence electrons. The Bertz CT molecular complexity index is 603. The van der Waals surface area contributed by atoms with Crippen molar-refractivity contribution in [3.63, 3.8) is 0 Å². The third kappa shape index (κ3) is 3.84. The van der Waals surface area contributed by atoms with Gasteiger partial charge in [0, 0.05) is 12.1 Å². The van der Waals surface area contributed by atoms with Gasteiger partial charge in [0.15, 0.2) is 9.84 Å². The Balaban J connectivity index is 2.29. The van der Waals surface area contributed by atoms with Gasteiger partial charge in [-0.2, -0.15) is 0 Å². The van der Waals surface area contributed by atoms with Crippen LogP contribution in [0.1, 0.15) is 39.2 Å². The molecule has 1 unspecified atom stereocenters. The highest BCUT2D eigenvalue weighted by molar-refractivity contribution is 7.91. The quantitative estimate of drug-likeness (QED) is 0.834. The molecule has 2 N–H and O–H groups in total. The van der Waals surface area contributed by atoms with Crippen LogP contribution >= 0.6 is 0 Å². The van der Waals surface area contributed by atoms with E-state index in [1.165, 1.54) is 6.33 Å². The van der Waals surface area contributed by atoms with Crippen molar-refractivity contribution in [2.24, 2.45) is 0 Å². The van der Waals surface area contributed by atoms with E-state index in [4.69, 9.17) is 0 Å². The Kier molecular flexibility index (Phi) is 4.70. The van der Waals surface area contributed by atoms with Gasteiger partial charge in [0.1, 0.15) is 18.0 Å². The smallest absolute Gasteiger partial charge is 0.152 e. The molecule has 1 aromatic heterocycles. The summed E-state index contributed by atoms with van der Waals surface area (Å²) in [5.41, 5.74) is 0.589. The number of anilines is 2. The molecule has 2 heterocycles. The van der Waals surface area contributed by atoms with E-state index < -0.39 is 15.4 Å². The van der Waals surface area contributed by atoms with Crippen LogP contribution in [0.3, 0.4) is 0 Å². The Morgan fingerprint density at radius 3 is 2.57 bits per heavy atom. The van der Waals surface area contributed by atoms with Gasteiger partial charge in [-0.3, -0.25) is 0 Å². The number of hydrogen-bond donors (Lipinski definition) is 2. The maximum absolute atomic E-state index is 11.7. The van der Waals surface area contributed by atoms with E-state index in [1.54, 1.807) is 0 Å². The van der Waals surface area contributed by atoms with Gasteiger partial charge >= 0.3 is 0 Å². The molecular formula is C14H24N4O2S. The van der Waals surface area contributed by atoms with Crippen molar-refractivity contribution >= 4 is 21.5 Å². The van der Waals surface area contributed by atoms with Crippen LogP contribution in [0, 0.1) is 0 Å². The lowest BCUT2D eigenvalue weighted by Gasteiger charge is -2.26. The molecule has 1 atom stereocenters. The Morgan fingerprint density at radius 1 is 1.29 bits per heavy atom. The molecule has 1 aliphatic rings. The van der Waals surface area contributed by atoms with Crippen LogP contribution in [-0.2, 0) is 16.3 Å². The molecule has 21 heavy (non-hydrogen) atoms. The highest BCUT2D eigenvalue weighted by atomic mass is 32.2. The van der Waals surface area contributed by atoms with Crippen molar-refractivity contribution in [3.05, 3.63) is 11.9 Å². The maximum Gasteiger partial charge on any atom is 0.152 e. The standard InChI is InChI=1S/C14H24N4O2S/c1-4-6-11-12(15-5-2)16-10-17-13(11)18-14(3)7-8-21(19,20)9-14/h10H,4-9H2,1-3H3,(H2,15,16,17,18). The number of sulfone groups is 1.